The van der Waals surface area contributed by atoms with Crippen LogP contribution in [-0.2, 0) is 17.5 Å². The Hall–Kier alpha value is -4.40. The third-order valence-electron chi connectivity index (χ3n) is 5.65. The third-order valence-corrected chi connectivity index (χ3v) is 5.65. The number of carbonyl (C=O) groups excluding carboxylic acids is 2. The maximum Gasteiger partial charge on any atom is 0.416 e. The Balaban J connectivity index is 1.62. The van der Waals surface area contributed by atoms with E-state index >= 15 is 0 Å². The first kappa shape index (κ1) is 26.7. The molecule has 0 spiro atoms. The number of nitrogens with zero attached hydrogens (tertiary/aromatic N) is 1. The van der Waals surface area contributed by atoms with Crippen molar-refractivity contribution in [1.29, 1.82) is 0 Å². The fourth-order valence-corrected chi connectivity index (χ4v) is 3.87. The molecule has 1 aromatic heterocycles. The molecule has 0 fully saturated rings. The molecule has 9 heteroatoms. The lowest BCUT2D eigenvalue weighted by molar-refractivity contribution is -0.138. The minimum atomic E-state index is -4.55. The summed E-state index contributed by atoms with van der Waals surface area (Å²) in [5.74, 6) is -0.236. The Morgan fingerprint density at radius 3 is 2.21 bits per heavy atom. The van der Waals surface area contributed by atoms with Crippen LogP contribution >= 0.6 is 0 Å². The average Bonchev–Trinajstić information content (AvgIpc) is 3.33. The molecule has 4 rings (SSSR count). The van der Waals surface area contributed by atoms with Gasteiger partial charge >= 0.3 is 6.18 Å². The molecule has 6 nitrogen and oxygen atoms in total. The molecule has 0 aliphatic carbocycles. The van der Waals surface area contributed by atoms with Gasteiger partial charge in [-0.15, -0.1) is 0 Å². The number of carbonyl (C=O) groups is 2. The van der Waals surface area contributed by atoms with E-state index in [9.17, 15) is 22.8 Å². The van der Waals surface area contributed by atoms with Crippen molar-refractivity contribution in [3.63, 3.8) is 0 Å². The van der Waals surface area contributed by atoms with Gasteiger partial charge in [-0.2, -0.15) is 13.2 Å². The van der Waals surface area contributed by atoms with Gasteiger partial charge in [0.05, 0.1) is 5.56 Å². The summed E-state index contributed by atoms with van der Waals surface area (Å²) in [6.07, 6.45) is -4.17. The smallest absolute Gasteiger partial charge is 0.416 e. The molecule has 1 heterocycles. The standard InChI is InChI=1S/C29H26F3N3O3/c1-18(2)16-24(36)34-22-14-12-19(13-15-22)26-25(35-28(38-26)20-8-4-3-5-9-20)27(37)33-17-21-10-6-7-11-23(21)29(30,31)32/h3-15,18H,16-17H2,1-2H3,(H,33,37)(H,34,36). The zero-order valence-electron chi connectivity index (χ0n) is 20.8. The Morgan fingerprint density at radius 2 is 1.55 bits per heavy atom. The van der Waals surface area contributed by atoms with Crippen LogP contribution in [0.4, 0.5) is 18.9 Å². The van der Waals surface area contributed by atoms with Crippen molar-refractivity contribution in [1.82, 2.24) is 10.3 Å². The summed E-state index contributed by atoms with van der Waals surface area (Å²) in [5.41, 5.74) is 0.779. The Kier molecular flexibility index (Phi) is 7.95. The van der Waals surface area contributed by atoms with Gasteiger partial charge < -0.3 is 15.1 Å². The predicted molar refractivity (Wildman–Crippen MR) is 138 cm³/mol. The second kappa shape index (κ2) is 11.3. The molecule has 38 heavy (non-hydrogen) atoms. The van der Waals surface area contributed by atoms with E-state index in [0.29, 0.717) is 23.2 Å². The second-order valence-electron chi connectivity index (χ2n) is 9.12. The number of oxazole rings is 1. The number of aromatic nitrogens is 1. The molecule has 0 bridgehead atoms. The zero-order chi connectivity index (χ0) is 27.3. The van der Waals surface area contributed by atoms with E-state index in [2.05, 4.69) is 15.6 Å². The lowest BCUT2D eigenvalue weighted by Gasteiger charge is -2.13. The van der Waals surface area contributed by atoms with Gasteiger partial charge in [0.25, 0.3) is 5.91 Å². The summed E-state index contributed by atoms with van der Waals surface area (Å²) in [4.78, 5) is 29.6. The van der Waals surface area contributed by atoms with Crippen LogP contribution in [0.3, 0.4) is 0 Å². The third kappa shape index (κ3) is 6.47. The van der Waals surface area contributed by atoms with Crippen LogP contribution in [0.5, 0.6) is 0 Å². The molecule has 0 radical (unpaired) electrons. The average molecular weight is 522 g/mol. The first-order valence-electron chi connectivity index (χ1n) is 12.0. The van der Waals surface area contributed by atoms with E-state index in [4.69, 9.17) is 4.42 Å². The van der Waals surface area contributed by atoms with Crippen LogP contribution in [0.1, 0.15) is 41.9 Å². The first-order chi connectivity index (χ1) is 18.1. The predicted octanol–water partition coefficient (Wildman–Crippen LogP) is 6.94. The van der Waals surface area contributed by atoms with Gasteiger partial charge in [-0.05, 0) is 53.9 Å². The van der Waals surface area contributed by atoms with Crippen molar-refractivity contribution >= 4 is 17.5 Å². The van der Waals surface area contributed by atoms with Gasteiger partial charge in [0.2, 0.25) is 11.8 Å². The lowest BCUT2D eigenvalue weighted by atomic mass is 10.1. The number of hydrogen-bond acceptors (Lipinski definition) is 4. The van der Waals surface area contributed by atoms with Crippen molar-refractivity contribution in [3.05, 3.63) is 95.7 Å². The summed E-state index contributed by atoms with van der Waals surface area (Å²) in [5, 5.41) is 5.36. The highest BCUT2D eigenvalue weighted by molar-refractivity contribution is 5.98. The number of amides is 2. The van der Waals surface area contributed by atoms with Crippen LogP contribution in [-0.4, -0.2) is 16.8 Å². The fraction of sp³-hybridized carbons (Fsp3) is 0.207. The molecule has 3 aromatic carbocycles. The van der Waals surface area contributed by atoms with Crippen molar-refractivity contribution < 1.29 is 27.2 Å². The highest BCUT2D eigenvalue weighted by Crippen LogP contribution is 2.33. The fourth-order valence-electron chi connectivity index (χ4n) is 3.87. The van der Waals surface area contributed by atoms with Gasteiger partial charge in [-0.25, -0.2) is 4.98 Å². The minimum absolute atomic E-state index is 0.0649. The monoisotopic (exact) mass is 521 g/mol. The van der Waals surface area contributed by atoms with Crippen LogP contribution in [0.25, 0.3) is 22.8 Å². The largest absolute Gasteiger partial charge is 0.435 e. The van der Waals surface area contributed by atoms with E-state index in [0.717, 1.165) is 6.07 Å². The number of halogens is 3. The number of alkyl halides is 3. The Morgan fingerprint density at radius 1 is 0.895 bits per heavy atom. The first-order valence-corrected chi connectivity index (χ1v) is 12.0. The molecule has 0 saturated heterocycles. The van der Waals surface area contributed by atoms with Gasteiger partial charge in [-0.3, -0.25) is 9.59 Å². The molecule has 0 aliphatic rings. The molecule has 4 aromatic rings. The van der Waals surface area contributed by atoms with Crippen molar-refractivity contribution in [3.8, 4) is 22.8 Å². The highest BCUT2D eigenvalue weighted by Gasteiger charge is 2.33. The number of benzene rings is 3. The van der Waals surface area contributed by atoms with E-state index in [1.54, 1.807) is 48.5 Å². The van der Waals surface area contributed by atoms with Crippen molar-refractivity contribution in [2.24, 2.45) is 5.92 Å². The number of nitrogens with one attached hydrogen (secondary N) is 2. The van der Waals surface area contributed by atoms with Crippen LogP contribution in [0.15, 0.2) is 83.3 Å². The lowest BCUT2D eigenvalue weighted by Crippen LogP contribution is -2.25. The van der Waals surface area contributed by atoms with Gasteiger partial charge in [-0.1, -0.05) is 50.2 Å². The topological polar surface area (TPSA) is 84.2 Å². The molecular weight excluding hydrogens is 495 g/mol. The maximum absolute atomic E-state index is 13.4. The molecule has 0 atom stereocenters. The van der Waals surface area contributed by atoms with Crippen LogP contribution in [0, 0.1) is 5.92 Å². The maximum atomic E-state index is 13.4. The SMILES string of the molecule is CC(C)CC(=O)Nc1ccc(-c2oc(-c3ccccc3)nc2C(=O)NCc2ccccc2C(F)(F)F)cc1. The molecular formula is C29H26F3N3O3. The van der Waals surface area contributed by atoms with Gasteiger partial charge in [0.1, 0.15) is 0 Å². The number of anilines is 1. The number of rotatable bonds is 8. The second-order valence-corrected chi connectivity index (χ2v) is 9.12. The summed E-state index contributed by atoms with van der Waals surface area (Å²) in [6.45, 7) is 3.55. The Labute approximate surface area is 217 Å². The molecule has 0 aliphatic heterocycles. The summed E-state index contributed by atoms with van der Waals surface area (Å²) in [7, 11) is 0. The van der Waals surface area contributed by atoms with Crippen LogP contribution < -0.4 is 10.6 Å². The van der Waals surface area contributed by atoms with E-state index in [1.807, 2.05) is 19.9 Å². The molecule has 196 valence electrons. The summed E-state index contributed by atoms with van der Waals surface area (Å²) >= 11 is 0. The minimum Gasteiger partial charge on any atom is -0.435 e. The zero-order valence-corrected chi connectivity index (χ0v) is 20.8. The summed E-state index contributed by atoms with van der Waals surface area (Å²) < 4.78 is 46.1. The molecule has 2 amide bonds. The van der Waals surface area contributed by atoms with Crippen molar-refractivity contribution in [2.75, 3.05) is 5.32 Å². The van der Waals surface area contributed by atoms with Crippen LogP contribution in [0.2, 0.25) is 0 Å². The quantitative estimate of drug-likeness (QED) is 0.263. The van der Waals surface area contributed by atoms with E-state index in [-0.39, 0.29) is 41.3 Å². The van der Waals surface area contributed by atoms with Crippen molar-refractivity contribution in [2.45, 2.75) is 33.0 Å². The Bertz CT molecular complexity index is 1410. The molecule has 0 unspecified atom stereocenters. The molecule has 2 N–H and O–H groups in total. The molecule has 0 saturated carbocycles. The highest BCUT2D eigenvalue weighted by atomic mass is 19.4. The summed E-state index contributed by atoms with van der Waals surface area (Å²) in [6, 6.07) is 20.7. The number of hydrogen-bond donors (Lipinski definition) is 2. The van der Waals surface area contributed by atoms with E-state index in [1.165, 1.54) is 18.2 Å². The normalized spacial score (nSPS) is 11.4. The van der Waals surface area contributed by atoms with E-state index < -0.39 is 17.6 Å². The van der Waals surface area contributed by atoms with Gasteiger partial charge in [0, 0.05) is 29.8 Å². The van der Waals surface area contributed by atoms with Gasteiger partial charge in [0.15, 0.2) is 11.5 Å².